The van der Waals surface area contributed by atoms with E-state index in [1.165, 1.54) is 0 Å². The van der Waals surface area contributed by atoms with Gasteiger partial charge in [0.15, 0.2) is 17.2 Å². The molecule has 31 heavy (non-hydrogen) atoms. The van der Waals surface area contributed by atoms with E-state index in [1.807, 2.05) is 67.1 Å². The molecule has 1 N–H and O–H groups in total. The lowest BCUT2D eigenvalue weighted by Crippen LogP contribution is -2.20. The second kappa shape index (κ2) is 9.47. The Balaban J connectivity index is 1.51. The molecular formula is C24H26N4O3. The summed E-state index contributed by atoms with van der Waals surface area (Å²) in [6, 6.07) is 15.4. The average molecular weight is 418 g/mol. The molecule has 0 fully saturated rings. The van der Waals surface area contributed by atoms with E-state index in [2.05, 4.69) is 15.6 Å². The zero-order valence-electron chi connectivity index (χ0n) is 17.8. The van der Waals surface area contributed by atoms with Crippen molar-refractivity contribution >= 4 is 12.1 Å². The van der Waals surface area contributed by atoms with Gasteiger partial charge in [-0.3, -0.25) is 4.79 Å². The summed E-state index contributed by atoms with van der Waals surface area (Å²) in [6.45, 7) is 4.94. The van der Waals surface area contributed by atoms with E-state index in [4.69, 9.17) is 9.47 Å². The van der Waals surface area contributed by atoms with Gasteiger partial charge < -0.3 is 9.47 Å². The van der Waals surface area contributed by atoms with Crippen molar-refractivity contribution in [3.05, 3.63) is 71.0 Å². The molecule has 2 aromatic carbocycles. The Bertz CT molecular complexity index is 1090. The van der Waals surface area contributed by atoms with Crippen LogP contribution in [0.15, 0.2) is 53.6 Å². The van der Waals surface area contributed by atoms with Crippen LogP contribution in [-0.4, -0.2) is 35.1 Å². The number of carbonyl (C=O) groups excluding carboxylic acids is 1. The number of para-hydroxylation sites is 1. The largest absolute Gasteiger partial charge is 0.490 e. The van der Waals surface area contributed by atoms with Crippen LogP contribution in [0.5, 0.6) is 11.5 Å². The number of hydrazone groups is 1. The van der Waals surface area contributed by atoms with Crippen molar-refractivity contribution in [2.45, 2.75) is 33.1 Å². The van der Waals surface area contributed by atoms with Gasteiger partial charge in [0, 0.05) is 11.3 Å². The molecule has 3 aromatic rings. The van der Waals surface area contributed by atoms with Gasteiger partial charge in [0.25, 0.3) is 5.91 Å². The average Bonchev–Trinajstić information content (AvgIpc) is 3.39. The van der Waals surface area contributed by atoms with Gasteiger partial charge in [0.1, 0.15) is 0 Å². The van der Waals surface area contributed by atoms with E-state index in [9.17, 15) is 4.79 Å². The predicted octanol–water partition coefficient (Wildman–Crippen LogP) is 3.92. The van der Waals surface area contributed by atoms with Crippen molar-refractivity contribution in [1.82, 2.24) is 15.2 Å². The molecule has 1 aromatic heterocycles. The summed E-state index contributed by atoms with van der Waals surface area (Å²) in [5.41, 5.74) is 6.93. The lowest BCUT2D eigenvalue weighted by Gasteiger charge is -2.11. The highest BCUT2D eigenvalue weighted by Crippen LogP contribution is 2.29. The Morgan fingerprint density at radius 3 is 2.65 bits per heavy atom. The number of hydrogen-bond acceptors (Lipinski definition) is 5. The van der Waals surface area contributed by atoms with Crippen molar-refractivity contribution in [1.29, 1.82) is 0 Å². The molecule has 1 aliphatic carbocycles. The normalized spacial score (nSPS) is 12.7. The minimum absolute atomic E-state index is 0.306. The second-order valence-electron chi connectivity index (χ2n) is 7.15. The Hall–Kier alpha value is -3.61. The lowest BCUT2D eigenvalue weighted by molar-refractivity contribution is 0.0949. The van der Waals surface area contributed by atoms with Crippen LogP contribution < -0.4 is 14.9 Å². The number of nitrogens with zero attached hydrogens (tertiary/aromatic N) is 3. The van der Waals surface area contributed by atoms with E-state index in [1.54, 1.807) is 6.21 Å². The van der Waals surface area contributed by atoms with Crippen molar-refractivity contribution in [2.24, 2.45) is 5.10 Å². The van der Waals surface area contributed by atoms with Crippen LogP contribution in [-0.2, 0) is 12.8 Å². The SMILES string of the molecule is CCOc1ccc(/C=N/NC(=O)c2nn(-c3ccccc3)c3c2CCC3)cc1OCC. The number of fused-ring (bicyclic) bond motifs is 1. The van der Waals surface area contributed by atoms with Gasteiger partial charge in [0.2, 0.25) is 0 Å². The summed E-state index contributed by atoms with van der Waals surface area (Å²) in [5, 5.41) is 8.72. The van der Waals surface area contributed by atoms with Crippen molar-refractivity contribution in [3.8, 4) is 17.2 Å². The molecule has 0 unspecified atom stereocenters. The summed E-state index contributed by atoms with van der Waals surface area (Å²) < 4.78 is 13.1. The first-order chi connectivity index (χ1) is 15.2. The maximum absolute atomic E-state index is 12.8. The van der Waals surface area contributed by atoms with E-state index in [0.717, 1.165) is 41.8 Å². The van der Waals surface area contributed by atoms with Gasteiger partial charge in [-0.15, -0.1) is 0 Å². The smallest absolute Gasteiger partial charge is 0.292 e. The number of ether oxygens (including phenoxy) is 2. The number of rotatable bonds is 8. The predicted molar refractivity (Wildman–Crippen MR) is 119 cm³/mol. The maximum atomic E-state index is 12.8. The molecule has 160 valence electrons. The number of aromatic nitrogens is 2. The van der Waals surface area contributed by atoms with E-state index >= 15 is 0 Å². The van der Waals surface area contributed by atoms with Crippen molar-refractivity contribution in [2.75, 3.05) is 13.2 Å². The molecule has 7 heteroatoms. The number of carbonyl (C=O) groups is 1. The molecule has 0 radical (unpaired) electrons. The molecule has 0 spiro atoms. The standard InChI is InChI=1S/C24H26N4O3/c1-3-30-21-14-13-17(15-22(21)31-4-2)16-25-26-24(29)23-19-11-8-12-20(19)28(27-23)18-9-6-5-7-10-18/h5-7,9-10,13-16H,3-4,8,11-12H2,1-2H3,(H,26,29)/b25-16+. The van der Waals surface area contributed by atoms with Gasteiger partial charge in [-0.1, -0.05) is 18.2 Å². The molecule has 1 amide bonds. The Morgan fingerprint density at radius 2 is 1.87 bits per heavy atom. The van der Waals surface area contributed by atoms with Crippen LogP contribution in [0.3, 0.4) is 0 Å². The summed E-state index contributed by atoms with van der Waals surface area (Å²) in [5.74, 6) is 1.03. The summed E-state index contributed by atoms with van der Waals surface area (Å²) >= 11 is 0. The van der Waals surface area contributed by atoms with Crippen LogP contribution in [0.4, 0.5) is 0 Å². The zero-order chi connectivity index (χ0) is 21.6. The molecule has 1 aliphatic rings. The molecule has 7 nitrogen and oxygen atoms in total. The third kappa shape index (κ3) is 4.45. The zero-order valence-corrected chi connectivity index (χ0v) is 17.8. The molecule has 0 bridgehead atoms. The molecular weight excluding hydrogens is 392 g/mol. The Morgan fingerprint density at radius 1 is 1.10 bits per heavy atom. The van der Waals surface area contributed by atoms with Crippen LogP contribution in [0.2, 0.25) is 0 Å². The molecule has 4 rings (SSSR count). The number of hydrogen-bond donors (Lipinski definition) is 1. The van der Waals surface area contributed by atoms with Crippen LogP contribution >= 0.6 is 0 Å². The highest BCUT2D eigenvalue weighted by molar-refractivity contribution is 5.95. The fourth-order valence-corrected chi connectivity index (χ4v) is 3.77. The van der Waals surface area contributed by atoms with E-state index in [-0.39, 0.29) is 5.91 Å². The fraction of sp³-hybridized carbons (Fsp3) is 0.292. The van der Waals surface area contributed by atoms with Crippen LogP contribution in [0.1, 0.15) is 47.6 Å². The number of amides is 1. The van der Waals surface area contributed by atoms with Gasteiger partial charge in [-0.2, -0.15) is 10.2 Å². The first kappa shape index (κ1) is 20.7. The Kier molecular flexibility index (Phi) is 6.31. The van der Waals surface area contributed by atoms with Crippen LogP contribution in [0, 0.1) is 0 Å². The van der Waals surface area contributed by atoms with Gasteiger partial charge >= 0.3 is 0 Å². The molecule has 1 heterocycles. The first-order valence-corrected chi connectivity index (χ1v) is 10.6. The van der Waals surface area contributed by atoms with E-state index < -0.39 is 0 Å². The number of benzene rings is 2. The highest BCUT2D eigenvalue weighted by atomic mass is 16.5. The number of nitrogens with one attached hydrogen (secondary N) is 1. The minimum Gasteiger partial charge on any atom is -0.490 e. The first-order valence-electron chi connectivity index (χ1n) is 10.6. The molecule has 0 saturated carbocycles. The second-order valence-corrected chi connectivity index (χ2v) is 7.15. The van der Waals surface area contributed by atoms with Crippen molar-refractivity contribution < 1.29 is 14.3 Å². The summed E-state index contributed by atoms with van der Waals surface area (Å²) in [6.07, 6.45) is 4.38. The van der Waals surface area contributed by atoms with E-state index in [0.29, 0.717) is 30.4 Å². The molecule has 0 aliphatic heterocycles. The molecule has 0 saturated heterocycles. The highest BCUT2D eigenvalue weighted by Gasteiger charge is 2.26. The van der Waals surface area contributed by atoms with Gasteiger partial charge in [-0.05, 0) is 69.0 Å². The maximum Gasteiger partial charge on any atom is 0.292 e. The third-order valence-electron chi connectivity index (χ3n) is 5.09. The van der Waals surface area contributed by atoms with Gasteiger partial charge in [0.05, 0.1) is 25.1 Å². The Labute approximate surface area is 181 Å². The van der Waals surface area contributed by atoms with Crippen LogP contribution in [0.25, 0.3) is 5.69 Å². The molecule has 0 atom stereocenters. The summed E-state index contributed by atoms with van der Waals surface area (Å²) in [4.78, 5) is 12.8. The minimum atomic E-state index is -0.306. The monoisotopic (exact) mass is 418 g/mol. The van der Waals surface area contributed by atoms with Crippen molar-refractivity contribution in [3.63, 3.8) is 0 Å². The topological polar surface area (TPSA) is 77.7 Å². The summed E-state index contributed by atoms with van der Waals surface area (Å²) in [7, 11) is 0. The lowest BCUT2D eigenvalue weighted by atomic mass is 10.2. The third-order valence-corrected chi connectivity index (χ3v) is 5.09. The fourth-order valence-electron chi connectivity index (χ4n) is 3.77. The van der Waals surface area contributed by atoms with Gasteiger partial charge in [-0.25, -0.2) is 10.1 Å². The quantitative estimate of drug-likeness (QED) is 0.444.